The van der Waals surface area contributed by atoms with Gasteiger partial charge in [0.25, 0.3) is 0 Å². The maximum Gasteiger partial charge on any atom is 0.378 e. The smallest absolute Gasteiger partial charge is 0.378 e. The predicted molar refractivity (Wildman–Crippen MR) is 116 cm³/mol. The summed E-state index contributed by atoms with van der Waals surface area (Å²) in [6.45, 7) is 0. The van der Waals surface area contributed by atoms with Crippen molar-refractivity contribution in [3.63, 3.8) is 0 Å². The lowest BCUT2D eigenvalue weighted by molar-refractivity contribution is 0.492. The van der Waals surface area contributed by atoms with Crippen LogP contribution in [-0.4, -0.2) is 0 Å². The van der Waals surface area contributed by atoms with E-state index < -0.39 is 7.52 Å². The Bertz CT molecular complexity index is 1020. The highest BCUT2D eigenvalue weighted by atomic mass is 31.2. The zero-order valence-electron chi connectivity index (χ0n) is 15.3. The molecule has 0 aliphatic carbocycles. The van der Waals surface area contributed by atoms with E-state index in [-0.39, 0.29) is 0 Å². The first-order valence-corrected chi connectivity index (χ1v) is 10.7. The monoisotopic (exact) mass is 385 g/mol. The molecule has 1 unspecified atom stereocenters. The first kappa shape index (κ1) is 18.1. The molecule has 0 N–H and O–H groups in total. The van der Waals surface area contributed by atoms with Gasteiger partial charge in [0, 0.05) is 0 Å². The summed E-state index contributed by atoms with van der Waals surface area (Å²) in [7, 11) is -3.51. The molecular weight excluding hydrogens is 365 g/mol. The lowest BCUT2D eigenvalue weighted by Crippen LogP contribution is -2.25. The summed E-state index contributed by atoms with van der Waals surface area (Å²) in [5.74, 6) is 0.562. The summed E-state index contributed by atoms with van der Waals surface area (Å²) in [5.41, 5.74) is 1.61. The van der Waals surface area contributed by atoms with E-state index in [0.29, 0.717) is 11.1 Å². The molecule has 0 aliphatic rings. The second kappa shape index (κ2) is 8.16. The van der Waals surface area contributed by atoms with Crippen LogP contribution in [0.15, 0.2) is 121 Å². The number of hydrogen-bond donors (Lipinski definition) is 0. The highest BCUT2D eigenvalue weighted by Crippen LogP contribution is 2.55. The van der Waals surface area contributed by atoms with Crippen molar-refractivity contribution >= 4 is 24.2 Å². The average molecular weight is 385 g/mol. The van der Waals surface area contributed by atoms with Crippen LogP contribution in [0.3, 0.4) is 0 Å². The average Bonchev–Trinajstić information content (AvgIpc) is 2.77. The molecule has 0 aliphatic heterocycles. The minimum atomic E-state index is -3.51. The first-order valence-electron chi connectivity index (χ1n) is 9.08. The first-order chi connectivity index (χ1) is 13.8. The van der Waals surface area contributed by atoms with Crippen LogP contribution in [0.25, 0.3) is 0 Å². The number of rotatable bonds is 6. The van der Waals surface area contributed by atoms with Gasteiger partial charge in [0.2, 0.25) is 0 Å². The highest BCUT2D eigenvalue weighted by Gasteiger charge is 2.37. The standard InChI is InChI=1S/C24H20NO2P/c26-28(24-19-11-4-12-20-24,27-23-17-9-3-10-18-23)25(21-13-5-1-6-14-21)22-15-7-2-8-16-22/h1-20H. The number of nitrogens with zero attached hydrogens (tertiary/aromatic N) is 1. The molecule has 0 heterocycles. The van der Waals surface area contributed by atoms with Gasteiger partial charge in [-0.05, 0) is 48.5 Å². The molecular formula is C24H20NO2P. The second-order valence-corrected chi connectivity index (χ2v) is 8.38. The molecule has 3 nitrogen and oxygen atoms in total. The van der Waals surface area contributed by atoms with Crippen molar-refractivity contribution in [2.45, 2.75) is 0 Å². The Kier molecular flexibility index (Phi) is 5.27. The van der Waals surface area contributed by atoms with Crippen LogP contribution < -0.4 is 14.5 Å². The molecule has 0 fully saturated rings. The third kappa shape index (κ3) is 3.71. The fraction of sp³-hybridized carbons (Fsp3) is 0. The van der Waals surface area contributed by atoms with Crippen molar-refractivity contribution in [1.29, 1.82) is 0 Å². The lowest BCUT2D eigenvalue weighted by Gasteiger charge is -2.33. The second-order valence-electron chi connectivity index (χ2n) is 6.24. The molecule has 4 heteroatoms. The number of benzene rings is 4. The molecule has 1 atom stereocenters. The zero-order valence-corrected chi connectivity index (χ0v) is 16.2. The van der Waals surface area contributed by atoms with E-state index in [1.807, 2.05) is 121 Å². The number of hydrogen-bond acceptors (Lipinski definition) is 2. The van der Waals surface area contributed by atoms with Crippen molar-refractivity contribution in [1.82, 2.24) is 0 Å². The summed E-state index contributed by atoms with van der Waals surface area (Å²) in [6.07, 6.45) is 0. The van der Waals surface area contributed by atoms with E-state index in [1.165, 1.54) is 0 Å². The van der Waals surface area contributed by atoms with E-state index in [1.54, 1.807) is 4.67 Å². The zero-order chi connectivity index (χ0) is 19.2. The van der Waals surface area contributed by atoms with Gasteiger partial charge in [0.05, 0.1) is 16.7 Å². The number of anilines is 2. The molecule has 4 aromatic rings. The van der Waals surface area contributed by atoms with Crippen LogP contribution in [0.5, 0.6) is 5.75 Å². The molecule has 138 valence electrons. The Hall–Kier alpha value is -3.29. The number of para-hydroxylation sites is 3. The van der Waals surface area contributed by atoms with Crippen molar-refractivity contribution in [3.8, 4) is 5.75 Å². The molecule has 0 bridgehead atoms. The summed E-state index contributed by atoms with van der Waals surface area (Å²) < 4.78 is 22.6. The molecule has 0 spiro atoms. The largest absolute Gasteiger partial charge is 0.426 e. The molecule has 0 amide bonds. The quantitative estimate of drug-likeness (QED) is 0.359. The van der Waals surface area contributed by atoms with E-state index in [4.69, 9.17) is 4.52 Å². The fourth-order valence-electron chi connectivity index (χ4n) is 3.04. The molecule has 4 aromatic carbocycles. The maximum absolute atomic E-state index is 14.6. The Balaban J connectivity index is 1.93. The third-order valence-electron chi connectivity index (χ3n) is 4.32. The van der Waals surface area contributed by atoms with Crippen molar-refractivity contribution in [2.75, 3.05) is 4.67 Å². The summed E-state index contributed by atoms with van der Waals surface area (Å²) in [6, 6.07) is 38.1. The maximum atomic E-state index is 14.6. The van der Waals surface area contributed by atoms with Gasteiger partial charge in [-0.25, -0.2) is 4.57 Å². The van der Waals surface area contributed by atoms with Crippen molar-refractivity contribution in [2.24, 2.45) is 0 Å². The van der Waals surface area contributed by atoms with Gasteiger partial charge in [0.15, 0.2) is 0 Å². The van der Waals surface area contributed by atoms with E-state index in [0.717, 1.165) is 11.4 Å². The van der Waals surface area contributed by atoms with Crippen molar-refractivity contribution in [3.05, 3.63) is 121 Å². The molecule has 0 radical (unpaired) electrons. The van der Waals surface area contributed by atoms with Gasteiger partial charge in [-0.2, -0.15) is 0 Å². The van der Waals surface area contributed by atoms with Gasteiger partial charge >= 0.3 is 7.52 Å². The van der Waals surface area contributed by atoms with Crippen LogP contribution in [-0.2, 0) is 4.57 Å². The van der Waals surface area contributed by atoms with Crippen LogP contribution in [0.4, 0.5) is 11.4 Å². The molecule has 0 saturated heterocycles. The molecule has 0 aromatic heterocycles. The summed E-state index contributed by atoms with van der Waals surface area (Å²) in [5, 5.41) is 0.631. The fourth-order valence-corrected chi connectivity index (χ4v) is 5.29. The third-order valence-corrected chi connectivity index (χ3v) is 6.72. The van der Waals surface area contributed by atoms with Crippen LogP contribution >= 0.6 is 7.52 Å². The highest BCUT2D eigenvalue weighted by molar-refractivity contribution is 7.69. The predicted octanol–water partition coefficient (Wildman–Crippen LogP) is 6.42. The molecule has 4 rings (SSSR count). The van der Waals surface area contributed by atoms with E-state index in [2.05, 4.69) is 0 Å². The van der Waals surface area contributed by atoms with Gasteiger partial charge in [-0.3, -0.25) is 4.67 Å². The minimum absolute atomic E-state index is 0.562. The van der Waals surface area contributed by atoms with Gasteiger partial charge < -0.3 is 4.52 Å². The lowest BCUT2D eigenvalue weighted by atomic mass is 10.3. The van der Waals surface area contributed by atoms with Crippen LogP contribution in [0.2, 0.25) is 0 Å². The van der Waals surface area contributed by atoms with Gasteiger partial charge in [-0.15, -0.1) is 0 Å². The Morgan fingerprint density at radius 1 is 0.536 bits per heavy atom. The molecule has 28 heavy (non-hydrogen) atoms. The Morgan fingerprint density at radius 3 is 1.39 bits per heavy atom. The normalized spacial score (nSPS) is 12.7. The SMILES string of the molecule is O=P(Oc1ccccc1)(c1ccccc1)N(c1ccccc1)c1ccccc1. The van der Waals surface area contributed by atoms with Crippen LogP contribution in [0, 0.1) is 0 Å². The Morgan fingerprint density at radius 2 is 0.929 bits per heavy atom. The minimum Gasteiger partial charge on any atom is -0.426 e. The topological polar surface area (TPSA) is 29.5 Å². The van der Waals surface area contributed by atoms with Crippen molar-refractivity contribution < 1.29 is 9.09 Å². The van der Waals surface area contributed by atoms with Gasteiger partial charge in [-0.1, -0.05) is 72.8 Å². The van der Waals surface area contributed by atoms with E-state index in [9.17, 15) is 4.57 Å². The van der Waals surface area contributed by atoms with Gasteiger partial charge in [0.1, 0.15) is 5.75 Å². The Labute approximate surface area is 165 Å². The summed E-state index contributed by atoms with van der Waals surface area (Å²) >= 11 is 0. The summed E-state index contributed by atoms with van der Waals surface area (Å²) in [4.78, 5) is 0. The van der Waals surface area contributed by atoms with Crippen LogP contribution in [0.1, 0.15) is 0 Å². The molecule has 0 saturated carbocycles. The van der Waals surface area contributed by atoms with E-state index >= 15 is 0 Å².